The Labute approximate surface area is 178 Å². The number of carbonyl (C=O) groups is 1. The Bertz CT molecular complexity index is 1150. The molecule has 1 atom stereocenters. The molecule has 0 saturated heterocycles. The molecule has 0 bridgehead atoms. The Balaban J connectivity index is 1.62. The molecule has 9 heteroatoms. The summed E-state index contributed by atoms with van der Waals surface area (Å²) in [5.74, 6) is 0.583. The maximum atomic E-state index is 13.2. The summed E-state index contributed by atoms with van der Waals surface area (Å²) in [6.45, 7) is 5.23. The standard InChI is InChI=1S/C21H25N5O3S/c1-13-5-6-17(14(2)9-13)26-19-16(11-23-26)20(28)25-15(12-30-21(25)24-19)10-18(27)22-7-4-8-29-3/h5-6,9,11,15H,4,7-8,10,12H2,1-3H3,(H,22,27). The average Bonchev–Trinajstić information content (AvgIpc) is 3.31. The fraction of sp³-hybridized carbons (Fsp3) is 0.429. The fourth-order valence-corrected chi connectivity index (χ4v) is 4.86. The van der Waals surface area contributed by atoms with Crippen LogP contribution >= 0.6 is 11.8 Å². The van der Waals surface area contributed by atoms with Crippen LogP contribution in [0.3, 0.4) is 0 Å². The minimum atomic E-state index is -0.207. The first-order chi connectivity index (χ1) is 14.5. The first kappa shape index (κ1) is 20.6. The van der Waals surface area contributed by atoms with Crippen LogP contribution in [0.25, 0.3) is 16.7 Å². The third kappa shape index (κ3) is 3.87. The molecule has 0 fully saturated rings. The van der Waals surface area contributed by atoms with Gasteiger partial charge in [-0.15, -0.1) is 0 Å². The smallest absolute Gasteiger partial charge is 0.265 e. The van der Waals surface area contributed by atoms with Crippen LogP contribution in [0.15, 0.2) is 34.3 Å². The van der Waals surface area contributed by atoms with Gasteiger partial charge in [-0.3, -0.25) is 14.2 Å². The van der Waals surface area contributed by atoms with Gasteiger partial charge in [0.1, 0.15) is 5.39 Å². The normalized spacial score (nSPS) is 15.5. The lowest BCUT2D eigenvalue weighted by atomic mass is 10.1. The van der Waals surface area contributed by atoms with Gasteiger partial charge in [-0.05, 0) is 31.9 Å². The second-order valence-corrected chi connectivity index (χ2v) is 8.51. The second kappa shape index (κ2) is 8.61. The van der Waals surface area contributed by atoms with Gasteiger partial charge in [0.2, 0.25) is 5.91 Å². The molecule has 4 rings (SSSR count). The largest absolute Gasteiger partial charge is 0.385 e. The van der Waals surface area contributed by atoms with Crippen molar-refractivity contribution < 1.29 is 9.53 Å². The molecule has 2 aromatic heterocycles. The molecule has 1 aliphatic rings. The third-order valence-corrected chi connectivity index (χ3v) is 6.32. The van der Waals surface area contributed by atoms with Gasteiger partial charge in [0.15, 0.2) is 10.8 Å². The van der Waals surface area contributed by atoms with Crippen molar-refractivity contribution in [3.8, 4) is 5.69 Å². The van der Waals surface area contributed by atoms with E-state index in [0.717, 1.165) is 17.7 Å². The lowest BCUT2D eigenvalue weighted by Crippen LogP contribution is -2.31. The SMILES string of the molecule is COCCCNC(=O)CC1CSc2nc3c(cnn3-c3ccc(C)cc3C)c(=O)n21. The van der Waals surface area contributed by atoms with Crippen molar-refractivity contribution in [3.63, 3.8) is 0 Å². The Hall–Kier alpha value is -2.65. The predicted octanol–water partition coefficient (Wildman–Crippen LogP) is 2.39. The Morgan fingerprint density at radius 3 is 2.97 bits per heavy atom. The number of hydrogen-bond donors (Lipinski definition) is 1. The molecule has 158 valence electrons. The minimum Gasteiger partial charge on any atom is -0.385 e. The zero-order valence-electron chi connectivity index (χ0n) is 17.3. The van der Waals surface area contributed by atoms with Crippen molar-refractivity contribution >= 4 is 28.7 Å². The number of hydrogen-bond acceptors (Lipinski definition) is 6. The van der Waals surface area contributed by atoms with E-state index in [4.69, 9.17) is 9.72 Å². The van der Waals surface area contributed by atoms with Crippen LogP contribution in [0.5, 0.6) is 0 Å². The molecule has 0 spiro atoms. The molecule has 1 N–H and O–H groups in total. The van der Waals surface area contributed by atoms with E-state index in [1.54, 1.807) is 22.6 Å². The fourth-order valence-electron chi connectivity index (χ4n) is 3.73. The van der Waals surface area contributed by atoms with Crippen molar-refractivity contribution in [1.82, 2.24) is 24.6 Å². The van der Waals surface area contributed by atoms with Crippen LogP contribution in [0.4, 0.5) is 0 Å². The number of aryl methyl sites for hydroxylation is 2. The molecule has 0 aliphatic carbocycles. The number of fused-ring (bicyclic) bond motifs is 2. The van der Waals surface area contributed by atoms with Crippen molar-refractivity contribution in [1.29, 1.82) is 0 Å². The maximum absolute atomic E-state index is 13.2. The number of benzene rings is 1. The van der Waals surface area contributed by atoms with E-state index in [2.05, 4.69) is 16.5 Å². The summed E-state index contributed by atoms with van der Waals surface area (Å²) in [6.07, 6.45) is 2.59. The third-order valence-electron chi connectivity index (χ3n) is 5.22. The number of nitrogens with one attached hydrogen (secondary N) is 1. The summed E-state index contributed by atoms with van der Waals surface area (Å²) in [5, 5.41) is 8.43. The van der Waals surface area contributed by atoms with E-state index < -0.39 is 0 Å². The highest BCUT2D eigenvalue weighted by atomic mass is 32.2. The van der Waals surface area contributed by atoms with Gasteiger partial charge in [0.25, 0.3) is 5.56 Å². The van der Waals surface area contributed by atoms with Gasteiger partial charge in [-0.25, -0.2) is 9.67 Å². The molecular weight excluding hydrogens is 402 g/mol. The van der Waals surface area contributed by atoms with Crippen LogP contribution in [0, 0.1) is 13.8 Å². The molecule has 3 heterocycles. The number of rotatable bonds is 7. The second-order valence-electron chi connectivity index (χ2n) is 7.52. The van der Waals surface area contributed by atoms with E-state index in [0.29, 0.717) is 35.1 Å². The average molecular weight is 428 g/mol. The van der Waals surface area contributed by atoms with Crippen molar-refractivity contribution in [3.05, 3.63) is 45.9 Å². The molecule has 0 saturated carbocycles. The van der Waals surface area contributed by atoms with E-state index in [1.165, 1.54) is 17.3 Å². The van der Waals surface area contributed by atoms with Crippen LogP contribution in [0.2, 0.25) is 0 Å². The van der Waals surface area contributed by atoms with E-state index >= 15 is 0 Å². The Kier molecular flexibility index (Phi) is 5.92. The van der Waals surface area contributed by atoms with Gasteiger partial charge in [-0.1, -0.05) is 29.5 Å². The number of amides is 1. The number of thioether (sulfide) groups is 1. The summed E-state index contributed by atoms with van der Waals surface area (Å²) in [4.78, 5) is 30.2. The molecule has 1 amide bonds. The quantitative estimate of drug-likeness (QED) is 0.460. The van der Waals surface area contributed by atoms with Gasteiger partial charge in [0, 0.05) is 32.4 Å². The summed E-state index contributed by atoms with van der Waals surface area (Å²) >= 11 is 1.50. The van der Waals surface area contributed by atoms with Gasteiger partial charge >= 0.3 is 0 Å². The molecule has 1 unspecified atom stereocenters. The number of nitrogens with zero attached hydrogens (tertiary/aromatic N) is 4. The van der Waals surface area contributed by atoms with Crippen LogP contribution in [0.1, 0.15) is 30.0 Å². The first-order valence-corrected chi connectivity index (χ1v) is 10.9. The van der Waals surface area contributed by atoms with Crippen LogP contribution < -0.4 is 10.9 Å². The van der Waals surface area contributed by atoms with Gasteiger partial charge in [-0.2, -0.15) is 5.10 Å². The molecule has 0 radical (unpaired) electrons. The van der Waals surface area contributed by atoms with Crippen LogP contribution in [-0.2, 0) is 9.53 Å². The van der Waals surface area contributed by atoms with Crippen LogP contribution in [-0.4, -0.2) is 51.3 Å². The highest BCUT2D eigenvalue weighted by molar-refractivity contribution is 7.99. The molecule has 3 aromatic rings. The summed E-state index contributed by atoms with van der Waals surface area (Å²) < 4.78 is 8.36. The summed E-state index contributed by atoms with van der Waals surface area (Å²) in [5.41, 5.74) is 3.55. The van der Waals surface area contributed by atoms with E-state index in [-0.39, 0.29) is 23.9 Å². The number of carbonyl (C=O) groups excluding carboxylic acids is 1. The Morgan fingerprint density at radius 2 is 2.20 bits per heavy atom. The monoisotopic (exact) mass is 427 g/mol. The molecular formula is C21H25N5O3S. The topological polar surface area (TPSA) is 91.0 Å². The molecule has 1 aliphatic heterocycles. The number of aromatic nitrogens is 4. The van der Waals surface area contributed by atoms with Gasteiger partial charge in [0.05, 0.1) is 17.9 Å². The highest BCUT2D eigenvalue weighted by Gasteiger charge is 2.29. The maximum Gasteiger partial charge on any atom is 0.265 e. The molecule has 8 nitrogen and oxygen atoms in total. The Morgan fingerprint density at radius 1 is 1.37 bits per heavy atom. The van der Waals surface area contributed by atoms with Gasteiger partial charge < -0.3 is 10.1 Å². The lowest BCUT2D eigenvalue weighted by Gasteiger charge is -2.13. The van der Waals surface area contributed by atoms with E-state index in [1.807, 2.05) is 26.0 Å². The van der Waals surface area contributed by atoms with Crippen molar-refractivity contribution in [2.24, 2.45) is 0 Å². The van der Waals surface area contributed by atoms with Crippen molar-refractivity contribution in [2.75, 3.05) is 26.0 Å². The lowest BCUT2D eigenvalue weighted by molar-refractivity contribution is -0.121. The predicted molar refractivity (Wildman–Crippen MR) is 116 cm³/mol. The summed E-state index contributed by atoms with van der Waals surface area (Å²) in [6, 6.07) is 5.89. The number of methoxy groups -OCH3 is 1. The number of ether oxygens (including phenoxy) is 1. The zero-order chi connectivity index (χ0) is 21.3. The van der Waals surface area contributed by atoms with Crippen molar-refractivity contribution in [2.45, 2.75) is 37.9 Å². The zero-order valence-corrected chi connectivity index (χ0v) is 18.2. The molecule has 1 aromatic carbocycles. The highest BCUT2D eigenvalue weighted by Crippen LogP contribution is 2.33. The molecule has 30 heavy (non-hydrogen) atoms. The van der Waals surface area contributed by atoms with E-state index in [9.17, 15) is 9.59 Å². The minimum absolute atomic E-state index is 0.0671. The summed E-state index contributed by atoms with van der Waals surface area (Å²) in [7, 11) is 1.64. The first-order valence-electron chi connectivity index (χ1n) is 9.96.